The Morgan fingerprint density at radius 1 is 0.500 bits per heavy atom. The number of aromatic carboxylic acids is 2. The highest BCUT2D eigenvalue weighted by atomic mass is 16.4. The fraction of sp³-hybridized carbons (Fsp3) is 0.133. The first-order valence-electron chi connectivity index (χ1n) is 11.3. The van der Waals surface area contributed by atoms with E-state index in [0.717, 1.165) is 11.1 Å². The minimum atomic E-state index is -0.879. The normalized spacial score (nSPS) is 12.4. The lowest BCUT2D eigenvalue weighted by atomic mass is 9.89. The number of rotatable bonds is 6. The van der Waals surface area contributed by atoms with Gasteiger partial charge in [0.2, 0.25) is 0 Å². The Labute approximate surface area is 210 Å². The summed E-state index contributed by atoms with van der Waals surface area (Å²) in [5, 5.41) is 37.3. The van der Waals surface area contributed by atoms with Gasteiger partial charge in [0.05, 0.1) is 23.3 Å². The molecule has 0 aliphatic rings. The van der Waals surface area contributed by atoms with Gasteiger partial charge in [-0.2, -0.15) is 0 Å². The average molecular weight is 487 g/mol. The quantitative estimate of drug-likeness (QED) is 0.271. The predicted octanol–water partition coefficient (Wildman–Crippen LogP) is 5.86. The topological polar surface area (TPSA) is 115 Å². The van der Waals surface area contributed by atoms with Crippen LogP contribution in [0.25, 0.3) is 0 Å². The highest BCUT2D eigenvalue weighted by molar-refractivity contribution is 5.87. The maximum atomic E-state index is 10.3. The van der Waals surface area contributed by atoms with Gasteiger partial charge in [0, 0.05) is 5.92 Å². The van der Waals surface area contributed by atoms with Crippen molar-refractivity contribution < 1.29 is 30.0 Å². The molecule has 4 aromatic carbocycles. The number of hydrogen-bond acceptors (Lipinski definition) is 4. The highest BCUT2D eigenvalue weighted by Gasteiger charge is 2.24. The van der Waals surface area contributed by atoms with Crippen LogP contribution in [0.1, 0.15) is 51.0 Å². The Morgan fingerprint density at radius 3 is 0.972 bits per heavy atom. The monoisotopic (exact) mass is 486 g/mol. The van der Waals surface area contributed by atoms with E-state index in [0.29, 0.717) is 11.1 Å². The molecule has 0 fully saturated rings. The lowest BCUT2D eigenvalue weighted by Crippen LogP contribution is -2.17. The Bertz CT molecular complexity index is 1070. The third-order valence-electron chi connectivity index (χ3n) is 5.32. The number of aliphatic hydroxyl groups is 2. The minimum absolute atomic E-state index is 0.255. The molecule has 0 heterocycles. The molecule has 0 spiro atoms. The fourth-order valence-electron chi connectivity index (χ4n) is 3.24. The van der Waals surface area contributed by atoms with Gasteiger partial charge in [0.1, 0.15) is 0 Å². The smallest absolute Gasteiger partial charge is 0.335 e. The van der Waals surface area contributed by atoms with Crippen LogP contribution < -0.4 is 0 Å². The molecule has 0 amide bonds. The third kappa shape index (κ3) is 9.18. The van der Waals surface area contributed by atoms with Crippen molar-refractivity contribution >= 4 is 11.9 Å². The lowest BCUT2D eigenvalue weighted by Gasteiger charge is -2.24. The molecule has 2 atom stereocenters. The molecule has 0 radical (unpaired) electrons. The molecule has 2 unspecified atom stereocenters. The number of carboxylic acids is 2. The van der Waals surface area contributed by atoms with Crippen LogP contribution in [0.4, 0.5) is 0 Å². The van der Waals surface area contributed by atoms with Crippen LogP contribution in [0, 0.1) is 5.92 Å². The molecule has 0 saturated heterocycles. The molecule has 0 bridgehead atoms. The second kappa shape index (κ2) is 14.9. The van der Waals surface area contributed by atoms with Crippen LogP contribution in [0.3, 0.4) is 0 Å². The van der Waals surface area contributed by atoms with Gasteiger partial charge in [-0.1, -0.05) is 104 Å². The molecule has 6 nitrogen and oxygen atoms in total. The number of aliphatic hydroxyl groups excluding tert-OH is 2. The van der Waals surface area contributed by atoms with Gasteiger partial charge in [-0.05, 0) is 35.4 Å². The van der Waals surface area contributed by atoms with E-state index in [2.05, 4.69) is 0 Å². The molecule has 0 aliphatic carbocycles. The number of benzene rings is 4. The molecule has 6 heteroatoms. The first kappa shape index (κ1) is 28.0. The summed E-state index contributed by atoms with van der Waals surface area (Å²) in [5.74, 6) is -2.01. The summed E-state index contributed by atoms with van der Waals surface area (Å²) in [7, 11) is 0. The summed E-state index contributed by atoms with van der Waals surface area (Å²) in [4.78, 5) is 20.4. The molecule has 0 aliphatic heterocycles. The number of carbonyl (C=O) groups is 2. The van der Waals surface area contributed by atoms with Gasteiger partial charge in [-0.15, -0.1) is 0 Å². The Hall–Kier alpha value is -4.26. The summed E-state index contributed by atoms with van der Waals surface area (Å²) in [6.45, 7) is 1.86. The highest BCUT2D eigenvalue weighted by Crippen LogP contribution is 2.32. The van der Waals surface area contributed by atoms with E-state index in [9.17, 15) is 19.8 Å². The second-order valence-corrected chi connectivity index (χ2v) is 7.91. The van der Waals surface area contributed by atoms with Crippen molar-refractivity contribution in [2.24, 2.45) is 5.92 Å². The van der Waals surface area contributed by atoms with Gasteiger partial charge in [-0.25, -0.2) is 9.59 Å². The van der Waals surface area contributed by atoms with Crippen molar-refractivity contribution in [3.8, 4) is 0 Å². The van der Waals surface area contributed by atoms with E-state index in [1.54, 1.807) is 60.7 Å². The van der Waals surface area contributed by atoms with Gasteiger partial charge in [0.15, 0.2) is 0 Å². The molecule has 186 valence electrons. The van der Waals surface area contributed by atoms with Crippen LogP contribution >= 0.6 is 0 Å². The van der Waals surface area contributed by atoms with Crippen molar-refractivity contribution in [3.05, 3.63) is 144 Å². The van der Waals surface area contributed by atoms with E-state index < -0.39 is 24.1 Å². The Balaban J connectivity index is 0.000000212. The predicted molar refractivity (Wildman–Crippen MR) is 139 cm³/mol. The molecular weight excluding hydrogens is 456 g/mol. The van der Waals surface area contributed by atoms with Gasteiger partial charge >= 0.3 is 11.9 Å². The minimum Gasteiger partial charge on any atom is -0.478 e. The largest absolute Gasteiger partial charge is 0.478 e. The van der Waals surface area contributed by atoms with E-state index in [1.807, 2.05) is 67.6 Å². The average Bonchev–Trinajstić information content (AvgIpc) is 2.94. The third-order valence-corrected chi connectivity index (χ3v) is 5.32. The second-order valence-electron chi connectivity index (χ2n) is 7.91. The summed E-state index contributed by atoms with van der Waals surface area (Å²) in [6.07, 6.45) is -1.33. The Morgan fingerprint density at radius 2 is 0.750 bits per heavy atom. The van der Waals surface area contributed by atoms with Crippen LogP contribution in [0.2, 0.25) is 0 Å². The zero-order chi connectivity index (χ0) is 26.3. The molecule has 36 heavy (non-hydrogen) atoms. The number of hydrogen-bond donors (Lipinski definition) is 4. The van der Waals surface area contributed by atoms with Crippen molar-refractivity contribution in [2.75, 3.05) is 0 Å². The van der Waals surface area contributed by atoms with E-state index in [1.165, 1.54) is 0 Å². The van der Waals surface area contributed by atoms with E-state index in [4.69, 9.17) is 10.2 Å². The van der Waals surface area contributed by atoms with E-state index in [-0.39, 0.29) is 5.92 Å². The summed E-state index contributed by atoms with van der Waals surface area (Å²) >= 11 is 0. The van der Waals surface area contributed by atoms with Crippen molar-refractivity contribution in [3.63, 3.8) is 0 Å². The molecule has 4 aromatic rings. The van der Waals surface area contributed by atoms with Crippen LogP contribution in [-0.4, -0.2) is 32.4 Å². The zero-order valence-corrected chi connectivity index (χ0v) is 19.9. The van der Waals surface area contributed by atoms with Crippen LogP contribution in [0.15, 0.2) is 121 Å². The standard InChI is InChI=1S/C16H18O2.2C7H6O2/c1-12(15(17)13-8-4-2-5-9-13)16(18)14-10-6-3-7-11-14;2*8-7(9)6-4-2-1-3-5-6/h2-12,15-18H,1H3;2*1-5H,(H,8,9). The zero-order valence-electron chi connectivity index (χ0n) is 19.9. The van der Waals surface area contributed by atoms with Crippen molar-refractivity contribution in [2.45, 2.75) is 19.1 Å². The summed E-state index contributed by atoms with van der Waals surface area (Å²) in [6, 6.07) is 35.5. The molecule has 4 N–H and O–H groups in total. The summed E-state index contributed by atoms with van der Waals surface area (Å²) < 4.78 is 0. The SMILES string of the molecule is CC(C(O)c1ccccc1)C(O)c1ccccc1.O=C(O)c1ccccc1.O=C(O)c1ccccc1. The first-order valence-corrected chi connectivity index (χ1v) is 11.3. The van der Waals surface area contributed by atoms with Gasteiger partial charge in [0.25, 0.3) is 0 Å². The summed E-state index contributed by atoms with van der Waals surface area (Å²) in [5.41, 5.74) is 2.33. The molecular formula is C30H30O6. The maximum Gasteiger partial charge on any atom is 0.335 e. The lowest BCUT2D eigenvalue weighted by molar-refractivity contribution is 0.0199. The van der Waals surface area contributed by atoms with Crippen LogP contribution in [0.5, 0.6) is 0 Å². The maximum absolute atomic E-state index is 10.3. The van der Waals surface area contributed by atoms with Gasteiger partial charge < -0.3 is 20.4 Å². The molecule has 0 saturated carbocycles. The molecule has 4 rings (SSSR count). The van der Waals surface area contributed by atoms with Gasteiger partial charge in [-0.3, -0.25) is 0 Å². The van der Waals surface area contributed by atoms with Crippen molar-refractivity contribution in [1.82, 2.24) is 0 Å². The van der Waals surface area contributed by atoms with E-state index >= 15 is 0 Å². The van der Waals surface area contributed by atoms with Crippen molar-refractivity contribution in [1.29, 1.82) is 0 Å². The Kier molecular flexibility index (Phi) is 11.6. The fourth-order valence-corrected chi connectivity index (χ4v) is 3.24. The van der Waals surface area contributed by atoms with Crippen LogP contribution in [-0.2, 0) is 0 Å². The molecule has 0 aromatic heterocycles. The number of carboxylic acid groups (broad SMARTS) is 2. The first-order chi connectivity index (χ1) is 17.3.